The number of rotatable bonds is 9. The summed E-state index contributed by atoms with van der Waals surface area (Å²) in [6, 6.07) is 21.2. The fourth-order valence-corrected chi connectivity index (χ4v) is 5.58. The number of nitrogens with zero attached hydrogens (tertiary/aromatic N) is 2. The van der Waals surface area contributed by atoms with E-state index in [1.807, 2.05) is 54.6 Å². The molecule has 1 aliphatic heterocycles. The summed E-state index contributed by atoms with van der Waals surface area (Å²) >= 11 is 1.21. The summed E-state index contributed by atoms with van der Waals surface area (Å²) < 4.78 is 18.5. The van der Waals surface area contributed by atoms with Crippen molar-refractivity contribution in [3.8, 4) is 17.2 Å². The van der Waals surface area contributed by atoms with Crippen LogP contribution in [-0.4, -0.2) is 29.4 Å². The number of ether oxygens (including phenoxy) is 3. The molecule has 0 bridgehead atoms. The molecule has 1 unspecified atom stereocenters. The largest absolute Gasteiger partial charge is 0.504 e. The van der Waals surface area contributed by atoms with Gasteiger partial charge in [-0.3, -0.25) is 9.36 Å². The standard InChI is InChI=1S/C32H28N2O6S/c1-4-16-39-31(37)28-20(2)33-32-34(30(36)27(41-32)18-22-10-15-25(35)26(17-22)38-3)29(28)23-11-13-24(14-12-23)40-19-21-8-6-5-7-9-21/h4-15,17-18,29,35H,1,16,19H2,2-3H3. The van der Waals surface area contributed by atoms with Crippen LogP contribution in [-0.2, 0) is 16.1 Å². The maximum atomic E-state index is 13.8. The minimum atomic E-state index is -0.761. The monoisotopic (exact) mass is 568 g/mol. The average molecular weight is 569 g/mol. The lowest BCUT2D eigenvalue weighted by atomic mass is 9.96. The van der Waals surface area contributed by atoms with Crippen LogP contribution in [0, 0.1) is 0 Å². The molecule has 9 heteroatoms. The van der Waals surface area contributed by atoms with Gasteiger partial charge in [0, 0.05) is 0 Å². The number of thiazole rings is 1. The Labute approximate surface area is 240 Å². The molecule has 0 saturated carbocycles. The number of aromatic hydroxyl groups is 1. The van der Waals surface area contributed by atoms with E-state index < -0.39 is 12.0 Å². The Morgan fingerprint density at radius 2 is 1.88 bits per heavy atom. The molecule has 0 fully saturated rings. The number of hydrogen-bond donors (Lipinski definition) is 1. The molecular weight excluding hydrogens is 540 g/mol. The molecule has 8 nitrogen and oxygen atoms in total. The van der Waals surface area contributed by atoms with Gasteiger partial charge in [0.25, 0.3) is 5.56 Å². The molecule has 4 aromatic rings. The van der Waals surface area contributed by atoms with Crippen LogP contribution < -0.4 is 24.4 Å². The summed E-state index contributed by atoms with van der Waals surface area (Å²) in [5, 5.41) is 9.95. The Morgan fingerprint density at radius 1 is 1.12 bits per heavy atom. The lowest BCUT2D eigenvalue weighted by Crippen LogP contribution is -2.39. The van der Waals surface area contributed by atoms with Gasteiger partial charge in [-0.1, -0.05) is 72.5 Å². The van der Waals surface area contributed by atoms with E-state index in [1.54, 1.807) is 25.1 Å². The van der Waals surface area contributed by atoms with Crippen molar-refractivity contribution in [2.45, 2.75) is 19.6 Å². The van der Waals surface area contributed by atoms with Gasteiger partial charge in [-0.05, 0) is 54.0 Å². The summed E-state index contributed by atoms with van der Waals surface area (Å²) in [5.74, 6) is 0.378. The highest BCUT2D eigenvalue weighted by Gasteiger charge is 2.33. The molecule has 208 valence electrons. The molecule has 0 aliphatic carbocycles. The van der Waals surface area contributed by atoms with E-state index in [1.165, 1.54) is 35.2 Å². The zero-order chi connectivity index (χ0) is 28.9. The van der Waals surface area contributed by atoms with Gasteiger partial charge in [0.2, 0.25) is 0 Å². The molecule has 5 rings (SSSR count). The fraction of sp³-hybridized carbons (Fsp3) is 0.156. The van der Waals surface area contributed by atoms with Crippen LogP contribution in [0.3, 0.4) is 0 Å². The van der Waals surface area contributed by atoms with E-state index >= 15 is 0 Å². The number of allylic oxidation sites excluding steroid dienone is 1. The van der Waals surface area contributed by atoms with E-state index in [-0.39, 0.29) is 23.5 Å². The Morgan fingerprint density at radius 3 is 2.59 bits per heavy atom. The summed E-state index contributed by atoms with van der Waals surface area (Å²) in [6.45, 7) is 5.80. The smallest absolute Gasteiger partial charge is 0.338 e. The maximum Gasteiger partial charge on any atom is 0.338 e. The number of hydrogen-bond acceptors (Lipinski definition) is 8. The average Bonchev–Trinajstić information content (AvgIpc) is 3.29. The highest BCUT2D eigenvalue weighted by Crippen LogP contribution is 2.32. The number of fused-ring (bicyclic) bond motifs is 1. The minimum Gasteiger partial charge on any atom is -0.504 e. The van der Waals surface area contributed by atoms with Crippen LogP contribution in [0.15, 0.2) is 107 Å². The van der Waals surface area contributed by atoms with E-state index in [0.29, 0.717) is 44.3 Å². The second-order valence-electron chi connectivity index (χ2n) is 9.24. The summed E-state index contributed by atoms with van der Waals surface area (Å²) in [4.78, 5) is 32.1. The van der Waals surface area contributed by atoms with Gasteiger partial charge >= 0.3 is 5.97 Å². The SMILES string of the molecule is C=CCOC(=O)C1=C(C)N=c2sc(=Cc3ccc(O)c(OC)c3)c(=O)n2C1c1ccc(OCc2ccccc2)cc1. The molecular formula is C32H28N2O6S. The van der Waals surface area contributed by atoms with Crippen LogP contribution >= 0.6 is 11.3 Å². The zero-order valence-electron chi connectivity index (χ0n) is 22.6. The van der Waals surface area contributed by atoms with Crippen molar-refractivity contribution < 1.29 is 24.1 Å². The molecule has 1 aliphatic rings. The number of phenols is 1. The van der Waals surface area contributed by atoms with Gasteiger partial charge < -0.3 is 19.3 Å². The third kappa shape index (κ3) is 5.85. The Hall–Kier alpha value is -4.89. The molecule has 41 heavy (non-hydrogen) atoms. The number of carbonyl (C=O) groups excluding carboxylic acids is 1. The van der Waals surface area contributed by atoms with Crippen molar-refractivity contribution in [1.29, 1.82) is 0 Å². The van der Waals surface area contributed by atoms with E-state index in [2.05, 4.69) is 11.6 Å². The summed E-state index contributed by atoms with van der Waals surface area (Å²) in [6.07, 6.45) is 3.20. The van der Waals surface area contributed by atoms with Gasteiger partial charge in [0.05, 0.1) is 29.0 Å². The molecule has 1 atom stereocenters. The second kappa shape index (κ2) is 12.1. The number of benzene rings is 3. The highest BCUT2D eigenvalue weighted by atomic mass is 32.1. The quantitative estimate of drug-likeness (QED) is 0.239. The van der Waals surface area contributed by atoms with Gasteiger partial charge in [0.1, 0.15) is 19.0 Å². The van der Waals surface area contributed by atoms with Gasteiger partial charge in [-0.25, -0.2) is 9.79 Å². The van der Waals surface area contributed by atoms with Crippen LogP contribution in [0.4, 0.5) is 0 Å². The van der Waals surface area contributed by atoms with Crippen LogP contribution in [0.1, 0.15) is 29.7 Å². The normalized spacial score (nSPS) is 14.7. The third-order valence-electron chi connectivity index (χ3n) is 6.52. The summed E-state index contributed by atoms with van der Waals surface area (Å²) in [5.41, 5.74) is 2.85. The molecule has 0 saturated heterocycles. The first kappa shape index (κ1) is 27.7. The van der Waals surface area contributed by atoms with E-state index in [4.69, 9.17) is 14.2 Å². The van der Waals surface area contributed by atoms with Gasteiger partial charge in [0.15, 0.2) is 16.3 Å². The molecule has 1 N–H and O–H groups in total. The second-order valence-corrected chi connectivity index (χ2v) is 10.3. The maximum absolute atomic E-state index is 13.8. The summed E-state index contributed by atoms with van der Waals surface area (Å²) in [7, 11) is 1.46. The van der Waals surface area contributed by atoms with Crippen molar-refractivity contribution in [2.24, 2.45) is 4.99 Å². The topological polar surface area (TPSA) is 99.4 Å². The van der Waals surface area contributed by atoms with Crippen LogP contribution in [0.2, 0.25) is 0 Å². The lowest BCUT2D eigenvalue weighted by molar-refractivity contribution is -0.138. The van der Waals surface area contributed by atoms with Gasteiger partial charge in [-0.2, -0.15) is 0 Å². The van der Waals surface area contributed by atoms with Gasteiger partial charge in [-0.15, -0.1) is 0 Å². The number of carbonyl (C=O) groups is 1. The van der Waals surface area contributed by atoms with Crippen molar-refractivity contribution in [3.05, 3.63) is 133 Å². The van der Waals surface area contributed by atoms with Crippen LogP contribution in [0.25, 0.3) is 6.08 Å². The number of esters is 1. The van der Waals surface area contributed by atoms with E-state index in [9.17, 15) is 14.7 Å². The van der Waals surface area contributed by atoms with E-state index in [0.717, 1.165) is 5.56 Å². The Bertz CT molecular complexity index is 1800. The highest BCUT2D eigenvalue weighted by molar-refractivity contribution is 7.07. The van der Waals surface area contributed by atoms with Crippen molar-refractivity contribution in [2.75, 3.05) is 13.7 Å². The number of methoxy groups -OCH3 is 1. The Balaban J connectivity index is 1.57. The third-order valence-corrected chi connectivity index (χ3v) is 7.50. The molecule has 0 spiro atoms. The molecule has 1 aromatic heterocycles. The molecule has 0 radical (unpaired) electrons. The van der Waals surface area contributed by atoms with Crippen LogP contribution in [0.5, 0.6) is 17.2 Å². The lowest BCUT2D eigenvalue weighted by Gasteiger charge is -2.24. The minimum absolute atomic E-state index is 0.000563. The molecule has 0 amide bonds. The first-order chi connectivity index (χ1) is 19.9. The predicted octanol–water partition coefficient (Wildman–Crippen LogP) is 4.26. The first-order valence-electron chi connectivity index (χ1n) is 12.8. The number of phenolic OH excluding ortho intramolecular Hbond substituents is 1. The van der Waals surface area contributed by atoms with Crippen molar-refractivity contribution >= 4 is 23.4 Å². The van der Waals surface area contributed by atoms with Crippen molar-refractivity contribution in [1.82, 2.24) is 4.57 Å². The molecule has 2 heterocycles. The number of aromatic nitrogens is 1. The van der Waals surface area contributed by atoms with Crippen molar-refractivity contribution in [3.63, 3.8) is 0 Å². The fourth-order valence-electron chi connectivity index (χ4n) is 4.53. The Kier molecular flexibility index (Phi) is 8.16. The predicted molar refractivity (Wildman–Crippen MR) is 157 cm³/mol. The zero-order valence-corrected chi connectivity index (χ0v) is 23.4. The first-order valence-corrected chi connectivity index (χ1v) is 13.7. The molecule has 3 aromatic carbocycles.